The average Bonchev–Trinajstić information content (AvgIpc) is 2.59. The molecule has 7 heteroatoms. The Morgan fingerprint density at radius 1 is 1.04 bits per heavy atom. The molecule has 0 bridgehead atoms. The van der Waals surface area contributed by atoms with Crippen molar-refractivity contribution in [1.29, 1.82) is 0 Å². The molecule has 1 unspecified atom stereocenters. The van der Waals surface area contributed by atoms with Crippen molar-refractivity contribution in [3.8, 4) is 5.75 Å². The molecule has 2 aromatic rings. The van der Waals surface area contributed by atoms with E-state index in [2.05, 4.69) is 19.2 Å². The van der Waals surface area contributed by atoms with Crippen molar-refractivity contribution in [2.24, 2.45) is 5.41 Å². The molecule has 1 fully saturated rings. The number of quaternary nitrogens is 1. The fourth-order valence-corrected chi connectivity index (χ4v) is 4.20. The van der Waals surface area contributed by atoms with Crippen LogP contribution in [-0.2, 0) is 10.1 Å². The number of carbonyl (C=O) groups excluding carboxylic acids is 1. The van der Waals surface area contributed by atoms with Crippen LogP contribution in [0.2, 0.25) is 0 Å². The standard InChI is InChI=1S/C19H22N2O4S/c1-19(2)13-20-18(22)21(3,14-19)15-9-11-17(12-10-15)26(23,24)25-16-7-5-4-6-8-16/h4-12H,13-14H2,1-3H3/p+1. The first-order chi connectivity index (χ1) is 12.1. The van der Waals surface area contributed by atoms with Gasteiger partial charge in [-0.2, -0.15) is 8.42 Å². The van der Waals surface area contributed by atoms with Crippen molar-refractivity contribution in [3.63, 3.8) is 0 Å². The maximum absolute atomic E-state index is 12.4. The van der Waals surface area contributed by atoms with E-state index in [4.69, 9.17) is 4.18 Å². The molecule has 0 aromatic heterocycles. The summed E-state index contributed by atoms with van der Waals surface area (Å²) in [6.45, 7) is 5.44. The van der Waals surface area contributed by atoms with Crippen LogP contribution in [0.3, 0.4) is 0 Å². The third-order valence-corrected chi connectivity index (χ3v) is 5.82. The highest BCUT2D eigenvalue weighted by molar-refractivity contribution is 7.87. The summed E-state index contributed by atoms with van der Waals surface area (Å²) < 4.78 is 30.1. The van der Waals surface area contributed by atoms with Crippen LogP contribution in [0.15, 0.2) is 59.5 Å². The molecule has 2 amide bonds. The lowest BCUT2D eigenvalue weighted by Gasteiger charge is -2.42. The minimum atomic E-state index is -3.92. The molecule has 1 heterocycles. The van der Waals surface area contributed by atoms with E-state index in [-0.39, 0.29) is 26.6 Å². The first kappa shape index (κ1) is 18.4. The number of hydrogen-bond acceptors (Lipinski definition) is 4. The molecule has 0 aliphatic carbocycles. The van der Waals surface area contributed by atoms with Gasteiger partial charge in [-0.25, -0.2) is 9.28 Å². The molecule has 3 rings (SSSR count). The summed E-state index contributed by atoms with van der Waals surface area (Å²) in [5, 5.41) is 2.93. The lowest BCUT2D eigenvalue weighted by atomic mass is 9.89. The quantitative estimate of drug-likeness (QED) is 0.658. The number of nitrogens with zero attached hydrogens (tertiary/aromatic N) is 1. The van der Waals surface area contributed by atoms with Gasteiger partial charge in [-0.05, 0) is 24.3 Å². The zero-order valence-electron chi connectivity index (χ0n) is 15.1. The van der Waals surface area contributed by atoms with Gasteiger partial charge >= 0.3 is 16.1 Å². The van der Waals surface area contributed by atoms with Gasteiger partial charge in [-0.3, -0.25) is 0 Å². The molecular formula is C19H23N2O4S+. The van der Waals surface area contributed by atoms with Crippen molar-refractivity contribution in [1.82, 2.24) is 9.80 Å². The lowest BCUT2D eigenvalue weighted by Crippen LogP contribution is -2.66. The first-order valence-electron chi connectivity index (χ1n) is 8.37. The minimum Gasteiger partial charge on any atom is -0.379 e. The summed E-state index contributed by atoms with van der Waals surface area (Å²) in [6.07, 6.45) is 0. The Morgan fingerprint density at radius 2 is 1.65 bits per heavy atom. The average molecular weight is 375 g/mol. The largest absolute Gasteiger partial charge is 0.421 e. The zero-order valence-corrected chi connectivity index (χ0v) is 15.9. The van der Waals surface area contributed by atoms with Crippen LogP contribution in [0.5, 0.6) is 5.75 Å². The van der Waals surface area contributed by atoms with E-state index in [1.54, 1.807) is 42.5 Å². The molecule has 0 spiro atoms. The molecule has 26 heavy (non-hydrogen) atoms. The number of carbonyl (C=O) groups is 1. The van der Waals surface area contributed by atoms with Crippen molar-refractivity contribution < 1.29 is 17.4 Å². The highest BCUT2D eigenvalue weighted by atomic mass is 32.2. The number of rotatable bonds is 4. The number of urea groups is 1. The molecule has 1 atom stereocenters. The third kappa shape index (κ3) is 3.59. The normalized spacial score (nSPS) is 22.5. The highest BCUT2D eigenvalue weighted by Crippen LogP contribution is 2.32. The number of hydrogen-bond donors (Lipinski definition) is 1. The van der Waals surface area contributed by atoms with Crippen LogP contribution >= 0.6 is 0 Å². The predicted octanol–water partition coefficient (Wildman–Crippen LogP) is 3.14. The second-order valence-electron chi connectivity index (χ2n) is 7.52. The monoisotopic (exact) mass is 375 g/mol. The summed E-state index contributed by atoms with van der Waals surface area (Å²) in [5.41, 5.74) is 0.679. The molecule has 0 saturated carbocycles. The van der Waals surface area contributed by atoms with Crippen LogP contribution in [-0.4, -0.2) is 34.6 Å². The first-order valence-corrected chi connectivity index (χ1v) is 9.77. The van der Waals surface area contributed by atoms with Gasteiger partial charge in [0, 0.05) is 24.1 Å². The van der Waals surface area contributed by atoms with Gasteiger partial charge in [-0.1, -0.05) is 32.0 Å². The van der Waals surface area contributed by atoms with E-state index < -0.39 is 10.1 Å². The molecule has 1 N–H and O–H groups in total. The van der Waals surface area contributed by atoms with Crippen LogP contribution in [0.4, 0.5) is 10.5 Å². The zero-order chi connectivity index (χ0) is 19.0. The smallest absolute Gasteiger partial charge is 0.379 e. The van der Waals surface area contributed by atoms with E-state index in [1.807, 2.05) is 7.05 Å². The fraction of sp³-hybridized carbons (Fsp3) is 0.316. The van der Waals surface area contributed by atoms with Crippen molar-refractivity contribution >= 4 is 21.8 Å². The second-order valence-corrected chi connectivity index (χ2v) is 9.06. The van der Waals surface area contributed by atoms with Crippen LogP contribution in [0.25, 0.3) is 0 Å². The molecule has 6 nitrogen and oxygen atoms in total. The predicted molar refractivity (Wildman–Crippen MR) is 100 cm³/mol. The molecule has 0 radical (unpaired) electrons. The molecular weight excluding hydrogens is 352 g/mol. The lowest BCUT2D eigenvalue weighted by molar-refractivity contribution is 0.154. The van der Waals surface area contributed by atoms with Crippen molar-refractivity contribution in [2.75, 3.05) is 20.1 Å². The Morgan fingerprint density at radius 3 is 2.27 bits per heavy atom. The maximum Gasteiger partial charge on any atom is 0.421 e. The van der Waals surface area contributed by atoms with E-state index in [0.717, 1.165) is 5.69 Å². The van der Waals surface area contributed by atoms with Crippen molar-refractivity contribution in [2.45, 2.75) is 18.7 Å². The topological polar surface area (TPSA) is 72.5 Å². The Labute approximate surface area is 154 Å². The summed E-state index contributed by atoms with van der Waals surface area (Å²) in [6, 6.07) is 14.6. The molecule has 1 saturated heterocycles. The van der Waals surface area contributed by atoms with Gasteiger partial charge in [-0.15, -0.1) is 0 Å². The van der Waals surface area contributed by atoms with E-state index in [0.29, 0.717) is 13.1 Å². The van der Waals surface area contributed by atoms with E-state index >= 15 is 0 Å². The maximum atomic E-state index is 12.4. The Balaban J connectivity index is 1.87. The number of amides is 2. The summed E-state index contributed by atoms with van der Waals surface area (Å²) in [5.74, 6) is 0.257. The molecule has 2 aromatic carbocycles. The van der Waals surface area contributed by atoms with E-state index in [9.17, 15) is 13.2 Å². The fourth-order valence-electron chi connectivity index (χ4n) is 3.27. The molecule has 138 valence electrons. The van der Waals surface area contributed by atoms with Gasteiger partial charge in [0.25, 0.3) is 0 Å². The Kier molecular flexibility index (Phi) is 4.54. The Bertz CT molecular complexity index is 908. The SMILES string of the molecule is CC1(C)CNC(=O)[N+](C)(c2ccc(S(=O)(=O)Oc3ccccc3)cc2)C1. The summed E-state index contributed by atoms with van der Waals surface area (Å²) in [4.78, 5) is 12.5. The number of benzene rings is 2. The van der Waals surface area contributed by atoms with Crippen molar-refractivity contribution in [3.05, 3.63) is 54.6 Å². The van der Waals surface area contributed by atoms with Gasteiger partial charge in [0.05, 0.1) is 13.6 Å². The van der Waals surface area contributed by atoms with Gasteiger partial charge < -0.3 is 9.50 Å². The second kappa shape index (κ2) is 6.41. The van der Waals surface area contributed by atoms with Crippen LogP contribution < -0.4 is 14.0 Å². The van der Waals surface area contributed by atoms with Gasteiger partial charge in [0.2, 0.25) is 0 Å². The van der Waals surface area contributed by atoms with Gasteiger partial charge in [0.15, 0.2) is 0 Å². The Hall–Kier alpha value is -2.38. The number of nitrogens with one attached hydrogen (secondary N) is 1. The van der Waals surface area contributed by atoms with Gasteiger partial charge in [0.1, 0.15) is 16.3 Å². The highest BCUT2D eigenvalue weighted by Gasteiger charge is 2.45. The van der Waals surface area contributed by atoms with Crippen LogP contribution in [0.1, 0.15) is 13.8 Å². The summed E-state index contributed by atoms with van der Waals surface area (Å²) in [7, 11) is -2.09. The third-order valence-electron chi connectivity index (χ3n) is 4.56. The molecule has 1 aliphatic heterocycles. The summed E-state index contributed by atoms with van der Waals surface area (Å²) >= 11 is 0. The van der Waals surface area contributed by atoms with E-state index in [1.165, 1.54) is 12.1 Å². The van der Waals surface area contributed by atoms with Crippen LogP contribution in [0, 0.1) is 5.41 Å². The minimum absolute atomic E-state index is 0.0494. The number of para-hydroxylation sites is 1. The molecule has 1 aliphatic rings.